The van der Waals surface area contributed by atoms with Crippen molar-refractivity contribution in [2.75, 3.05) is 18.4 Å². The van der Waals surface area contributed by atoms with E-state index in [2.05, 4.69) is 15.3 Å². The van der Waals surface area contributed by atoms with Gasteiger partial charge in [0.2, 0.25) is 5.91 Å². The Bertz CT molecular complexity index is 1110. The first-order valence-electron chi connectivity index (χ1n) is 10.1. The van der Waals surface area contributed by atoms with Gasteiger partial charge in [-0.05, 0) is 31.4 Å². The van der Waals surface area contributed by atoms with Gasteiger partial charge in [0.1, 0.15) is 10.6 Å². The molecule has 0 radical (unpaired) electrons. The number of thiazole rings is 1. The summed E-state index contributed by atoms with van der Waals surface area (Å²) < 4.78 is 6.02. The second kappa shape index (κ2) is 9.20. The second-order valence-corrected chi connectivity index (χ2v) is 9.04. The van der Waals surface area contributed by atoms with E-state index in [0.29, 0.717) is 46.1 Å². The summed E-state index contributed by atoms with van der Waals surface area (Å²) in [5.74, 6) is 1.17. The topological polar surface area (TPSA) is 88.3 Å². The molecule has 1 N–H and O–H groups in total. The van der Waals surface area contributed by atoms with Gasteiger partial charge < -0.3 is 14.6 Å². The number of anilines is 1. The van der Waals surface area contributed by atoms with Gasteiger partial charge in [-0.3, -0.25) is 9.59 Å². The number of oxazole rings is 1. The van der Waals surface area contributed by atoms with E-state index in [0.717, 1.165) is 24.2 Å². The Kier molecular flexibility index (Phi) is 6.38. The van der Waals surface area contributed by atoms with Gasteiger partial charge >= 0.3 is 0 Å². The average molecular weight is 459 g/mol. The van der Waals surface area contributed by atoms with Gasteiger partial charge in [0.15, 0.2) is 11.0 Å². The Hall–Kier alpha value is -2.71. The first-order chi connectivity index (χ1) is 14.9. The van der Waals surface area contributed by atoms with Crippen molar-refractivity contribution < 1.29 is 14.0 Å². The number of carbonyl (C=O) groups excluding carboxylic acids is 2. The molecule has 0 saturated carbocycles. The lowest BCUT2D eigenvalue weighted by Gasteiger charge is -2.31. The third-order valence-corrected chi connectivity index (χ3v) is 6.66. The number of hydrogen-bond acceptors (Lipinski definition) is 6. The Morgan fingerprint density at radius 2 is 2.16 bits per heavy atom. The highest BCUT2D eigenvalue weighted by atomic mass is 35.5. The minimum atomic E-state index is -0.206. The van der Waals surface area contributed by atoms with Crippen molar-refractivity contribution in [3.8, 4) is 0 Å². The predicted molar refractivity (Wildman–Crippen MR) is 120 cm³/mol. The van der Waals surface area contributed by atoms with Gasteiger partial charge in [0.05, 0.1) is 17.8 Å². The standard InChI is InChI=1S/C22H23ClN4O3S/c1-13-19(31-22(25-13)26-14(2)28)21(29)27-9-5-7-16(12-27)20-24-11-17(30-20)10-15-6-3-4-8-18(15)23/h3-4,6,8,11,16H,5,7,9-10,12H2,1-2H3,(H,25,26,28). The molecule has 1 aromatic carbocycles. The minimum absolute atomic E-state index is 0.0423. The summed E-state index contributed by atoms with van der Waals surface area (Å²) in [6, 6.07) is 7.67. The molecule has 0 spiro atoms. The van der Waals surface area contributed by atoms with Crippen molar-refractivity contribution in [3.05, 3.63) is 63.3 Å². The maximum Gasteiger partial charge on any atom is 0.265 e. The number of halogens is 1. The van der Waals surface area contributed by atoms with Crippen molar-refractivity contribution in [2.24, 2.45) is 0 Å². The quantitative estimate of drug-likeness (QED) is 0.600. The molecule has 1 aliphatic heterocycles. The van der Waals surface area contributed by atoms with Crippen LogP contribution in [0.5, 0.6) is 0 Å². The van der Waals surface area contributed by atoms with E-state index in [4.69, 9.17) is 16.0 Å². The molecule has 1 atom stereocenters. The predicted octanol–water partition coefficient (Wildman–Crippen LogP) is 4.66. The lowest BCUT2D eigenvalue weighted by atomic mass is 9.98. The number of aryl methyl sites for hydroxylation is 1. The number of benzene rings is 1. The number of likely N-dealkylation sites (tertiary alicyclic amines) is 1. The van der Waals surface area contributed by atoms with Gasteiger partial charge in [-0.2, -0.15) is 0 Å². The Morgan fingerprint density at radius 1 is 1.35 bits per heavy atom. The summed E-state index contributed by atoms with van der Waals surface area (Å²) >= 11 is 7.46. The average Bonchev–Trinajstić information content (AvgIpc) is 3.35. The molecule has 3 heterocycles. The van der Waals surface area contributed by atoms with Gasteiger partial charge in [-0.1, -0.05) is 41.1 Å². The highest BCUT2D eigenvalue weighted by Gasteiger charge is 2.30. The first kappa shape index (κ1) is 21.5. The highest BCUT2D eigenvalue weighted by molar-refractivity contribution is 7.17. The lowest BCUT2D eigenvalue weighted by Crippen LogP contribution is -2.39. The van der Waals surface area contributed by atoms with Gasteiger partial charge in [0, 0.05) is 31.5 Å². The molecule has 3 aromatic rings. The zero-order valence-corrected chi connectivity index (χ0v) is 18.9. The smallest absolute Gasteiger partial charge is 0.265 e. The van der Waals surface area contributed by atoms with Crippen molar-refractivity contribution in [2.45, 2.75) is 39.0 Å². The third kappa shape index (κ3) is 4.97. The zero-order chi connectivity index (χ0) is 22.0. The summed E-state index contributed by atoms with van der Waals surface area (Å²) in [7, 11) is 0. The number of hydrogen-bond donors (Lipinski definition) is 1. The molecule has 1 fully saturated rings. The molecule has 1 aliphatic rings. The van der Waals surface area contributed by atoms with E-state index in [1.807, 2.05) is 29.2 Å². The summed E-state index contributed by atoms with van der Waals surface area (Å²) in [6.07, 6.45) is 4.10. The van der Waals surface area contributed by atoms with Gasteiger partial charge in [-0.25, -0.2) is 9.97 Å². The van der Waals surface area contributed by atoms with Crippen molar-refractivity contribution in [1.82, 2.24) is 14.9 Å². The van der Waals surface area contributed by atoms with Crippen LogP contribution in [0.1, 0.15) is 58.3 Å². The maximum atomic E-state index is 13.1. The Labute approximate surface area is 189 Å². The molecule has 7 nitrogen and oxygen atoms in total. The van der Waals surface area contributed by atoms with E-state index >= 15 is 0 Å². The third-order valence-electron chi connectivity index (χ3n) is 5.23. The summed E-state index contributed by atoms with van der Waals surface area (Å²) in [4.78, 5) is 35.5. The van der Waals surface area contributed by atoms with Gasteiger partial charge in [-0.15, -0.1) is 0 Å². The summed E-state index contributed by atoms with van der Waals surface area (Å²) in [5.41, 5.74) is 1.61. The highest BCUT2D eigenvalue weighted by Crippen LogP contribution is 2.31. The molecule has 4 rings (SSSR count). The lowest BCUT2D eigenvalue weighted by molar-refractivity contribution is -0.114. The van der Waals surface area contributed by atoms with E-state index in [1.54, 1.807) is 13.1 Å². The fourth-order valence-corrected chi connectivity index (χ4v) is 4.91. The van der Waals surface area contributed by atoms with Crippen LogP contribution in [0.3, 0.4) is 0 Å². The molecule has 31 heavy (non-hydrogen) atoms. The van der Waals surface area contributed by atoms with E-state index in [9.17, 15) is 9.59 Å². The first-order valence-corrected chi connectivity index (χ1v) is 11.3. The molecule has 2 amide bonds. The molecule has 2 aromatic heterocycles. The van der Waals surface area contributed by atoms with Crippen molar-refractivity contribution >= 4 is 39.9 Å². The summed E-state index contributed by atoms with van der Waals surface area (Å²) in [5, 5.41) is 3.79. The van der Waals surface area contributed by atoms with Gasteiger partial charge in [0.25, 0.3) is 5.91 Å². The SMILES string of the molecule is CC(=O)Nc1nc(C)c(C(=O)N2CCCC(c3ncc(Cc4ccccc4Cl)o3)C2)s1. The number of amides is 2. The van der Waals surface area contributed by atoms with Crippen LogP contribution in [0.2, 0.25) is 5.02 Å². The van der Waals surface area contributed by atoms with Crippen LogP contribution in [0, 0.1) is 6.92 Å². The zero-order valence-electron chi connectivity index (χ0n) is 17.4. The van der Waals surface area contributed by atoms with Crippen LogP contribution >= 0.6 is 22.9 Å². The monoisotopic (exact) mass is 458 g/mol. The van der Waals surface area contributed by atoms with Crippen LogP contribution in [-0.2, 0) is 11.2 Å². The molecule has 162 valence electrons. The number of nitrogens with one attached hydrogen (secondary N) is 1. The number of carbonyl (C=O) groups is 2. The van der Waals surface area contributed by atoms with E-state index < -0.39 is 0 Å². The molecule has 0 bridgehead atoms. The fraction of sp³-hybridized carbons (Fsp3) is 0.364. The van der Waals surface area contributed by atoms with Crippen molar-refractivity contribution in [3.63, 3.8) is 0 Å². The number of aromatic nitrogens is 2. The van der Waals surface area contributed by atoms with E-state index in [1.165, 1.54) is 18.3 Å². The normalized spacial score (nSPS) is 16.4. The number of nitrogens with zero attached hydrogens (tertiary/aromatic N) is 3. The van der Waals surface area contributed by atoms with Crippen LogP contribution < -0.4 is 5.32 Å². The number of piperidine rings is 1. The molecule has 9 heteroatoms. The van der Waals surface area contributed by atoms with Crippen LogP contribution in [0.25, 0.3) is 0 Å². The van der Waals surface area contributed by atoms with Crippen LogP contribution in [0.15, 0.2) is 34.9 Å². The number of rotatable bonds is 5. The molecular weight excluding hydrogens is 436 g/mol. The maximum absolute atomic E-state index is 13.1. The fourth-order valence-electron chi connectivity index (χ4n) is 3.73. The summed E-state index contributed by atoms with van der Waals surface area (Å²) in [6.45, 7) is 4.42. The second-order valence-electron chi connectivity index (χ2n) is 7.64. The molecule has 1 unspecified atom stereocenters. The largest absolute Gasteiger partial charge is 0.445 e. The molecule has 1 saturated heterocycles. The van der Waals surface area contributed by atoms with Crippen LogP contribution in [0.4, 0.5) is 5.13 Å². The Balaban J connectivity index is 1.45. The van der Waals surface area contributed by atoms with E-state index in [-0.39, 0.29) is 17.7 Å². The molecular formula is C22H23ClN4O3S. The minimum Gasteiger partial charge on any atom is -0.445 e. The van der Waals surface area contributed by atoms with Crippen molar-refractivity contribution in [1.29, 1.82) is 0 Å². The Morgan fingerprint density at radius 3 is 2.94 bits per heavy atom. The van der Waals surface area contributed by atoms with Crippen LogP contribution in [-0.4, -0.2) is 39.8 Å². The molecule has 0 aliphatic carbocycles.